The highest BCUT2D eigenvalue weighted by molar-refractivity contribution is 5.81. The number of hydrogen-bond donors (Lipinski definition) is 1. The first-order chi connectivity index (χ1) is 9.34. The summed E-state index contributed by atoms with van der Waals surface area (Å²) in [6, 6.07) is 14.4. The summed E-state index contributed by atoms with van der Waals surface area (Å²) in [6.07, 6.45) is 3.56. The minimum Gasteiger partial charge on any atom is -0.468 e. The van der Waals surface area contributed by atoms with Gasteiger partial charge >= 0.3 is 0 Å². The molecule has 0 radical (unpaired) electrons. The van der Waals surface area contributed by atoms with Crippen molar-refractivity contribution in [1.29, 1.82) is 0 Å². The lowest BCUT2D eigenvalue weighted by Crippen LogP contribution is -2.17. The molecule has 0 aliphatic rings. The molecular formula is C16H16N2O. The molecule has 0 aliphatic heterocycles. The van der Waals surface area contributed by atoms with Crippen molar-refractivity contribution in [2.45, 2.75) is 19.5 Å². The second kappa shape index (κ2) is 5.24. The summed E-state index contributed by atoms with van der Waals surface area (Å²) in [6.45, 7) is 2.90. The largest absolute Gasteiger partial charge is 0.468 e. The third kappa shape index (κ3) is 2.51. The van der Waals surface area contributed by atoms with E-state index in [0.717, 1.165) is 17.8 Å². The number of nitrogens with zero attached hydrogens (tertiary/aromatic N) is 1. The van der Waals surface area contributed by atoms with E-state index in [0.29, 0.717) is 0 Å². The zero-order valence-electron chi connectivity index (χ0n) is 10.8. The van der Waals surface area contributed by atoms with Gasteiger partial charge < -0.3 is 9.73 Å². The van der Waals surface area contributed by atoms with Crippen molar-refractivity contribution < 1.29 is 4.42 Å². The van der Waals surface area contributed by atoms with Crippen molar-refractivity contribution in [1.82, 2.24) is 10.3 Å². The molecule has 0 saturated carbocycles. The summed E-state index contributed by atoms with van der Waals surface area (Å²) in [5.41, 5.74) is 2.29. The van der Waals surface area contributed by atoms with Gasteiger partial charge in [0.05, 0.1) is 17.8 Å². The maximum absolute atomic E-state index is 5.40. The molecule has 0 bridgehead atoms. The number of fused-ring (bicyclic) bond motifs is 1. The van der Waals surface area contributed by atoms with Crippen LogP contribution in [0.1, 0.15) is 24.3 Å². The summed E-state index contributed by atoms with van der Waals surface area (Å²) in [5.74, 6) is 0.957. The molecule has 19 heavy (non-hydrogen) atoms. The normalized spacial score (nSPS) is 12.7. The predicted molar refractivity (Wildman–Crippen MR) is 75.7 cm³/mol. The van der Waals surface area contributed by atoms with E-state index in [1.165, 1.54) is 10.9 Å². The molecule has 1 atom stereocenters. The fourth-order valence-corrected chi connectivity index (χ4v) is 2.21. The number of aromatic nitrogens is 1. The van der Waals surface area contributed by atoms with Crippen LogP contribution in [0.3, 0.4) is 0 Å². The lowest BCUT2D eigenvalue weighted by molar-refractivity contribution is 0.430. The van der Waals surface area contributed by atoms with Gasteiger partial charge in [-0.05, 0) is 36.8 Å². The molecule has 0 spiro atoms. The third-order valence-electron chi connectivity index (χ3n) is 3.31. The van der Waals surface area contributed by atoms with Crippen LogP contribution in [0.5, 0.6) is 0 Å². The third-order valence-corrected chi connectivity index (χ3v) is 3.31. The lowest BCUT2D eigenvalue weighted by Gasteiger charge is -2.12. The predicted octanol–water partition coefficient (Wildman–Crippen LogP) is 3.68. The van der Waals surface area contributed by atoms with Gasteiger partial charge in [0.1, 0.15) is 5.76 Å². The van der Waals surface area contributed by atoms with E-state index in [9.17, 15) is 0 Å². The number of pyridine rings is 1. The van der Waals surface area contributed by atoms with Crippen LogP contribution in [0.25, 0.3) is 10.9 Å². The molecular weight excluding hydrogens is 236 g/mol. The zero-order chi connectivity index (χ0) is 13.1. The van der Waals surface area contributed by atoms with Gasteiger partial charge in [-0.15, -0.1) is 0 Å². The van der Waals surface area contributed by atoms with Crippen molar-refractivity contribution in [2.24, 2.45) is 0 Å². The molecule has 96 valence electrons. The second-order valence-corrected chi connectivity index (χ2v) is 4.61. The summed E-state index contributed by atoms with van der Waals surface area (Å²) in [4.78, 5) is 4.37. The Balaban J connectivity index is 1.79. The molecule has 3 nitrogen and oxygen atoms in total. The Morgan fingerprint density at radius 3 is 2.89 bits per heavy atom. The van der Waals surface area contributed by atoms with Crippen molar-refractivity contribution >= 4 is 10.9 Å². The average molecular weight is 252 g/mol. The Bertz CT molecular complexity index is 656. The number of rotatable bonds is 4. The first-order valence-electron chi connectivity index (χ1n) is 6.44. The van der Waals surface area contributed by atoms with Crippen LogP contribution in [0.15, 0.2) is 59.3 Å². The Labute approximate surface area is 112 Å². The maximum atomic E-state index is 5.40. The quantitative estimate of drug-likeness (QED) is 0.769. The Morgan fingerprint density at radius 1 is 1.16 bits per heavy atom. The standard InChI is InChI=1S/C16H16N2O/c1-12(16-7-4-10-19-16)18-11-13-8-9-17-15-6-3-2-5-14(13)15/h2-10,12,18H,11H2,1H3/t12-/m1/s1. The summed E-state index contributed by atoms with van der Waals surface area (Å²) < 4.78 is 5.40. The molecule has 2 heterocycles. The van der Waals surface area contributed by atoms with Crippen LogP contribution in [0.2, 0.25) is 0 Å². The number of nitrogens with one attached hydrogen (secondary N) is 1. The van der Waals surface area contributed by atoms with Gasteiger partial charge in [-0.3, -0.25) is 4.98 Å². The number of benzene rings is 1. The average Bonchev–Trinajstić information content (AvgIpc) is 2.99. The Kier molecular flexibility index (Phi) is 3.29. The molecule has 0 aliphatic carbocycles. The molecule has 3 rings (SSSR count). The molecule has 0 unspecified atom stereocenters. The summed E-state index contributed by atoms with van der Waals surface area (Å²) in [5, 5.41) is 4.67. The molecule has 3 aromatic rings. The first kappa shape index (κ1) is 11.9. The fraction of sp³-hybridized carbons (Fsp3) is 0.188. The number of para-hydroxylation sites is 1. The summed E-state index contributed by atoms with van der Waals surface area (Å²) >= 11 is 0. The van der Waals surface area contributed by atoms with Crippen LogP contribution in [-0.4, -0.2) is 4.98 Å². The SMILES string of the molecule is C[C@@H](NCc1ccnc2ccccc12)c1ccco1. The van der Waals surface area contributed by atoms with Gasteiger partial charge in [0.2, 0.25) is 0 Å². The van der Waals surface area contributed by atoms with E-state index in [4.69, 9.17) is 4.42 Å². The molecule has 2 aromatic heterocycles. The van der Waals surface area contributed by atoms with Gasteiger partial charge in [0, 0.05) is 18.1 Å². The highest BCUT2D eigenvalue weighted by atomic mass is 16.3. The van der Waals surface area contributed by atoms with Gasteiger partial charge in [0.15, 0.2) is 0 Å². The van der Waals surface area contributed by atoms with E-state index >= 15 is 0 Å². The lowest BCUT2D eigenvalue weighted by atomic mass is 10.1. The minimum absolute atomic E-state index is 0.196. The fourth-order valence-electron chi connectivity index (χ4n) is 2.21. The van der Waals surface area contributed by atoms with Gasteiger partial charge in [-0.2, -0.15) is 0 Å². The number of furan rings is 1. The van der Waals surface area contributed by atoms with Crippen molar-refractivity contribution in [3.8, 4) is 0 Å². The Hall–Kier alpha value is -2.13. The van der Waals surface area contributed by atoms with Gasteiger partial charge in [-0.25, -0.2) is 0 Å². The highest BCUT2D eigenvalue weighted by Crippen LogP contribution is 2.18. The maximum Gasteiger partial charge on any atom is 0.120 e. The zero-order valence-corrected chi connectivity index (χ0v) is 10.8. The van der Waals surface area contributed by atoms with Crippen molar-refractivity contribution in [3.05, 3.63) is 66.2 Å². The van der Waals surface area contributed by atoms with E-state index in [2.05, 4.69) is 29.4 Å². The highest BCUT2D eigenvalue weighted by Gasteiger charge is 2.08. The topological polar surface area (TPSA) is 38.1 Å². The van der Waals surface area contributed by atoms with Crippen LogP contribution in [0.4, 0.5) is 0 Å². The van der Waals surface area contributed by atoms with Crippen molar-refractivity contribution in [2.75, 3.05) is 0 Å². The molecule has 1 aromatic carbocycles. The van der Waals surface area contributed by atoms with Crippen LogP contribution in [0, 0.1) is 0 Å². The summed E-state index contributed by atoms with van der Waals surface area (Å²) in [7, 11) is 0. The molecule has 0 saturated heterocycles. The van der Waals surface area contributed by atoms with Gasteiger partial charge in [-0.1, -0.05) is 18.2 Å². The van der Waals surface area contributed by atoms with E-state index in [1.807, 2.05) is 36.5 Å². The second-order valence-electron chi connectivity index (χ2n) is 4.61. The Morgan fingerprint density at radius 2 is 2.05 bits per heavy atom. The monoisotopic (exact) mass is 252 g/mol. The molecule has 0 amide bonds. The van der Waals surface area contributed by atoms with E-state index < -0.39 is 0 Å². The molecule has 0 fully saturated rings. The van der Waals surface area contributed by atoms with Crippen LogP contribution in [-0.2, 0) is 6.54 Å². The number of hydrogen-bond acceptors (Lipinski definition) is 3. The van der Waals surface area contributed by atoms with E-state index in [-0.39, 0.29) is 6.04 Å². The molecule has 3 heteroatoms. The van der Waals surface area contributed by atoms with Gasteiger partial charge in [0.25, 0.3) is 0 Å². The van der Waals surface area contributed by atoms with Crippen molar-refractivity contribution in [3.63, 3.8) is 0 Å². The first-order valence-corrected chi connectivity index (χ1v) is 6.44. The minimum atomic E-state index is 0.196. The van der Waals surface area contributed by atoms with Crippen LogP contribution < -0.4 is 5.32 Å². The van der Waals surface area contributed by atoms with Crippen LogP contribution >= 0.6 is 0 Å². The molecule has 1 N–H and O–H groups in total. The van der Waals surface area contributed by atoms with E-state index in [1.54, 1.807) is 6.26 Å². The smallest absolute Gasteiger partial charge is 0.120 e.